The Labute approximate surface area is 190 Å². The minimum atomic E-state index is -0.500. The molecule has 31 heavy (non-hydrogen) atoms. The Morgan fingerprint density at radius 2 is 1.84 bits per heavy atom. The van der Waals surface area contributed by atoms with E-state index in [1.807, 2.05) is 43.9 Å². The smallest absolute Gasteiger partial charge is 0.251 e. The van der Waals surface area contributed by atoms with E-state index in [0.717, 1.165) is 48.3 Å². The number of carbonyl (C=O) groups is 2. The second-order valence-corrected chi connectivity index (χ2v) is 9.98. The van der Waals surface area contributed by atoms with Crippen LogP contribution in [0.15, 0.2) is 29.3 Å². The lowest BCUT2D eigenvalue weighted by Gasteiger charge is -2.31. The molecule has 3 heterocycles. The van der Waals surface area contributed by atoms with E-state index in [9.17, 15) is 9.59 Å². The summed E-state index contributed by atoms with van der Waals surface area (Å²) in [5, 5.41) is 1.72. The summed E-state index contributed by atoms with van der Waals surface area (Å²) in [5.41, 5.74) is 9.73. The van der Waals surface area contributed by atoms with Crippen molar-refractivity contribution in [1.82, 2.24) is 14.9 Å². The van der Waals surface area contributed by atoms with Gasteiger partial charge in [-0.3, -0.25) is 9.59 Å². The number of primary amides is 1. The van der Waals surface area contributed by atoms with Gasteiger partial charge in [0, 0.05) is 24.7 Å². The van der Waals surface area contributed by atoms with E-state index in [4.69, 9.17) is 10.7 Å². The van der Waals surface area contributed by atoms with Gasteiger partial charge in [0.05, 0.1) is 26.5 Å². The van der Waals surface area contributed by atoms with Crippen molar-refractivity contribution in [2.45, 2.75) is 44.6 Å². The summed E-state index contributed by atoms with van der Waals surface area (Å²) in [4.78, 5) is 36.0. The van der Waals surface area contributed by atoms with Gasteiger partial charge in [0.1, 0.15) is 5.03 Å². The highest BCUT2D eigenvalue weighted by molar-refractivity contribution is 8.00. The highest BCUT2D eigenvalue weighted by atomic mass is 32.2. The quantitative estimate of drug-likeness (QED) is 0.583. The molecule has 1 aliphatic heterocycles. The van der Waals surface area contributed by atoms with Crippen LogP contribution in [0.4, 0.5) is 0 Å². The number of aromatic nitrogens is 2. The highest BCUT2D eigenvalue weighted by Gasteiger charge is 2.26. The van der Waals surface area contributed by atoms with E-state index in [1.165, 1.54) is 21.5 Å². The van der Waals surface area contributed by atoms with Crippen LogP contribution in [-0.4, -0.2) is 45.5 Å². The van der Waals surface area contributed by atoms with Crippen LogP contribution in [0.3, 0.4) is 0 Å². The van der Waals surface area contributed by atoms with E-state index >= 15 is 0 Å². The number of pyridine rings is 1. The number of piperidine rings is 1. The van der Waals surface area contributed by atoms with Crippen LogP contribution in [-0.2, 0) is 4.79 Å². The van der Waals surface area contributed by atoms with Crippen molar-refractivity contribution in [2.75, 3.05) is 18.8 Å². The van der Waals surface area contributed by atoms with Gasteiger partial charge in [0.25, 0.3) is 5.91 Å². The summed E-state index contributed by atoms with van der Waals surface area (Å²) in [5.74, 6) is 0.223. The van der Waals surface area contributed by atoms with E-state index in [2.05, 4.69) is 11.1 Å². The third kappa shape index (κ3) is 4.45. The predicted octanol–water partition coefficient (Wildman–Crippen LogP) is 4.21. The van der Waals surface area contributed by atoms with Crippen LogP contribution < -0.4 is 5.73 Å². The standard InChI is InChI=1S/C23H26N4O2S2/c1-13-14(2)20(21(24)29)23(25-15(13)3)30-12-19(28)27-10-8-16(9-11-27)22-26-17-6-4-5-7-18(17)31-22/h4-7,16H,8-12H2,1-3H3,(H2,24,29). The third-order valence-corrected chi connectivity index (χ3v) is 8.21. The molecule has 162 valence electrons. The number of aryl methyl sites for hydroxylation is 1. The molecule has 4 rings (SSSR count). The number of nitrogens with two attached hydrogens (primary N) is 1. The molecule has 8 heteroatoms. The van der Waals surface area contributed by atoms with E-state index < -0.39 is 5.91 Å². The SMILES string of the molecule is Cc1nc(SCC(=O)N2CCC(c3nc4ccccc4s3)CC2)c(C(N)=O)c(C)c1C. The molecule has 1 fully saturated rings. The summed E-state index contributed by atoms with van der Waals surface area (Å²) in [6.45, 7) is 7.16. The lowest BCUT2D eigenvalue weighted by Crippen LogP contribution is -2.39. The van der Waals surface area contributed by atoms with Crippen molar-refractivity contribution in [2.24, 2.45) is 5.73 Å². The molecule has 1 saturated heterocycles. The Kier molecular flexibility index (Phi) is 6.29. The Balaban J connectivity index is 1.38. The molecule has 0 saturated carbocycles. The fourth-order valence-corrected chi connectivity index (χ4v) is 6.15. The summed E-state index contributed by atoms with van der Waals surface area (Å²) < 4.78 is 1.22. The fourth-order valence-electron chi connectivity index (χ4n) is 3.97. The van der Waals surface area contributed by atoms with Gasteiger partial charge in [0.2, 0.25) is 5.91 Å². The minimum absolute atomic E-state index is 0.0702. The van der Waals surface area contributed by atoms with Crippen molar-refractivity contribution in [3.8, 4) is 0 Å². The molecule has 2 N–H and O–H groups in total. The number of nitrogens with zero attached hydrogens (tertiary/aromatic N) is 3. The Bertz CT molecular complexity index is 1120. The molecule has 3 aromatic rings. The highest BCUT2D eigenvalue weighted by Crippen LogP contribution is 2.34. The number of hydrogen-bond acceptors (Lipinski definition) is 6. The predicted molar refractivity (Wildman–Crippen MR) is 126 cm³/mol. The maximum absolute atomic E-state index is 12.8. The summed E-state index contributed by atoms with van der Waals surface area (Å²) >= 11 is 3.06. The van der Waals surface area contributed by atoms with Crippen molar-refractivity contribution < 1.29 is 9.59 Å². The molecule has 0 radical (unpaired) electrons. The Morgan fingerprint density at radius 1 is 1.13 bits per heavy atom. The van der Waals surface area contributed by atoms with Gasteiger partial charge in [-0.2, -0.15) is 0 Å². The Hall–Kier alpha value is -2.45. The normalized spacial score (nSPS) is 14.9. The first-order chi connectivity index (χ1) is 14.8. The number of likely N-dealkylation sites (tertiary alicyclic amines) is 1. The third-order valence-electron chi connectivity index (χ3n) is 6.05. The Morgan fingerprint density at radius 3 is 2.52 bits per heavy atom. The summed E-state index contributed by atoms with van der Waals surface area (Å²) in [6.07, 6.45) is 1.84. The largest absolute Gasteiger partial charge is 0.366 e. The molecule has 6 nitrogen and oxygen atoms in total. The summed E-state index contributed by atoms with van der Waals surface area (Å²) in [6, 6.07) is 8.21. The van der Waals surface area contributed by atoms with Gasteiger partial charge in [-0.1, -0.05) is 23.9 Å². The first kappa shape index (κ1) is 21.8. The lowest BCUT2D eigenvalue weighted by molar-refractivity contribution is -0.129. The van der Waals surface area contributed by atoms with Gasteiger partial charge < -0.3 is 10.6 Å². The second-order valence-electron chi connectivity index (χ2n) is 7.96. The molecule has 0 atom stereocenters. The average molecular weight is 455 g/mol. The monoisotopic (exact) mass is 454 g/mol. The van der Waals surface area contributed by atoms with Gasteiger partial charge in [-0.15, -0.1) is 11.3 Å². The molecule has 0 unspecified atom stereocenters. The molecule has 2 amide bonds. The van der Waals surface area contributed by atoms with E-state index in [1.54, 1.807) is 11.3 Å². The van der Waals surface area contributed by atoms with Crippen LogP contribution >= 0.6 is 23.1 Å². The minimum Gasteiger partial charge on any atom is -0.366 e. The number of fused-ring (bicyclic) bond motifs is 1. The number of benzene rings is 1. The average Bonchev–Trinajstić information content (AvgIpc) is 3.20. The van der Waals surface area contributed by atoms with Gasteiger partial charge in [0.15, 0.2) is 0 Å². The number of hydrogen-bond donors (Lipinski definition) is 1. The number of thiazole rings is 1. The number of thioether (sulfide) groups is 1. The molecular formula is C23H26N4O2S2. The van der Waals surface area contributed by atoms with E-state index in [-0.39, 0.29) is 11.7 Å². The first-order valence-electron chi connectivity index (χ1n) is 10.4. The molecule has 0 spiro atoms. The van der Waals surface area contributed by atoms with Crippen molar-refractivity contribution >= 4 is 45.1 Å². The van der Waals surface area contributed by atoms with Crippen LogP contribution in [0.1, 0.15) is 50.9 Å². The molecule has 1 aliphatic rings. The first-order valence-corrected chi connectivity index (χ1v) is 12.2. The fraction of sp³-hybridized carbons (Fsp3) is 0.391. The van der Waals surface area contributed by atoms with Gasteiger partial charge in [-0.05, 0) is 56.9 Å². The molecule has 0 bridgehead atoms. The number of para-hydroxylation sites is 1. The van der Waals surface area contributed by atoms with Gasteiger partial charge >= 0.3 is 0 Å². The summed E-state index contributed by atoms with van der Waals surface area (Å²) in [7, 11) is 0. The number of amides is 2. The molecule has 1 aromatic carbocycles. The number of rotatable bonds is 5. The maximum Gasteiger partial charge on any atom is 0.251 e. The molecular weight excluding hydrogens is 428 g/mol. The second kappa shape index (κ2) is 8.96. The van der Waals surface area contributed by atoms with Crippen LogP contribution in [0.25, 0.3) is 10.2 Å². The van der Waals surface area contributed by atoms with Crippen LogP contribution in [0.2, 0.25) is 0 Å². The van der Waals surface area contributed by atoms with Crippen LogP contribution in [0.5, 0.6) is 0 Å². The topological polar surface area (TPSA) is 89.2 Å². The van der Waals surface area contributed by atoms with Crippen LogP contribution in [0, 0.1) is 20.8 Å². The zero-order valence-corrected chi connectivity index (χ0v) is 19.6. The molecule has 0 aliphatic carbocycles. The zero-order valence-electron chi connectivity index (χ0n) is 18.0. The molecule has 2 aromatic heterocycles. The lowest BCUT2D eigenvalue weighted by atomic mass is 9.97. The maximum atomic E-state index is 12.8. The van der Waals surface area contributed by atoms with Gasteiger partial charge in [-0.25, -0.2) is 9.97 Å². The van der Waals surface area contributed by atoms with Crippen molar-refractivity contribution in [1.29, 1.82) is 0 Å². The number of carbonyl (C=O) groups excluding carboxylic acids is 2. The zero-order chi connectivity index (χ0) is 22.1. The van der Waals surface area contributed by atoms with Crippen molar-refractivity contribution in [3.05, 3.63) is 51.7 Å². The van der Waals surface area contributed by atoms with Crippen molar-refractivity contribution in [3.63, 3.8) is 0 Å². The van der Waals surface area contributed by atoms with E-state index in [0.29, 0.717) is 16.5 Å².